The fraction of sp³-hybridized carbons (Fsp3) is 0.405. The second-order valence-corrected chi connectivity index (χ2v) is 11.9. The molecule has 4 rings (SSSR count). The Bertz CT molecular complexity index is 1690. The summed E-state index contributed by atoms with van der Waals surface area (Å²) in [5.74, 6) is -0.123. The van der Waals surface area contributed by atoms with Gasteiger partial charge in [-0.25, -0.2) is 4.79 Å². The Kier molecular flexibility index (Phi) is 12.1. The van der Waals surface area contributed by atoms with Crippen LogP contribution in [0.15, 0.2) is 59.4 Å². The number of rotatable bonds is 13. The van der Waals surface area contributed by atoms with Crippen molar-refractivity contribution in [1.29, 1.82) is 0 Å². The molecule has 11 heteroatoms. The van der Waals surface area contributed by atoms with Crippen molar-refractivity contribution in [3.63, 3.8) is 0 Å². The number of carbonyl (C=O) groups is 3. The molecule has 0 saturated carbocycles. The molecule has 0 bridgehead atoms. The van der Waals surface area contributed by atoms with Crippen LogP contribution in [0.3, 0.4) is 0 Å². The number of hydrogen-bond donors (Lipinski definition) is 3. The van der Waals surface area contributed by atoms with E-state index in [-0.39, 0.29) is 29.4 Å². The molecule has 0 radical (unpaired) electrons. The van der Waals surface area contributed by atoms with Crippen LogP contribution in [0.5, 0.6) is 17.2 Å². The van der Waals surface area contributed by atoms with Crippen molar-refractivity contribution in [2.24, 2.45) is 5.92 Å². The first-order valence-corrected chi connectivity index (χ1v) is 16.0. The molecule has 3 aromatic rings. The van der Waals surface area contributed by atoms with Crippen molar-refractivity contribution in [2.75, 3.05) is 33.8 Å². The highest BCUT2D eigenvalue weighted by molar-refractivity contribution is 5.90. The molecule has 2 amide bonds. The summed E-state index contributed by atoms with van der Waals surface area (Å²) in [5.41, 5.74) is 3.56. The summed E-state index contributed by atoms with van der Waals surface area (Å²) in [6.45, 7) is 5.29. The highest BCUT2D eigenvalue weighted by Crippen LogP contribution is 2.50. The zero-order valence-electron chi connectivity index (χ0n) is 28.6. The van der Waals surface area contributed by atoms with Crippen LogP contribution in [-0.2, 0) is 32.0 Å². The molecule has 3 N–H and O–H groups in total. The number of amides is 2. The molecule has 4 atom stereocenters. The topological polar surface area (TPSA) is 141 Å². The number of hydrogen-bond acceptors (Lipinski definition) is 9. The SMILES string of the molecule is CCC(C)C(Nc1ccc2c(cc1=O)C(NC(C)=O)CCc1cc(OC)c(OC)c(OC)c1-2)C(=O)NC(Cc1ccccc1)C(=O)OC. The van der Waals surface area contributed by atoms with Crippen LogP contribution in [0, 0.1) is 5.92 Å². The van der Waals surface area contributed by atoms with Gasteiger partial charge in [-0.2, -0.15) is 0 Å². The Labute approximate surface area is 281 Å². The van der Waals surface area contributed by atoms with Crippen LogP contribution in [-0.4, -0.2) is 58.3 Å². The Morgan fingerprint density at radius 3 is 2.25 bits per heavy atom. The molecule has 48 heavy (non-hydrogen) atoms. The van der Waals surface area contributed by atoms with Crippen LogP contribution >= 0.6 is 0 Å². The fourth-order valence-electron chi connectivity index (χ4n) is 6.14. The van der Waals surface area contributed by atoms with E-state index in [4.69, 9.17) is 18.9 Å². The molecule has 11 nitrogen and oxygen atoms in total. The number of nitrogens with one attached hydrogen (secondary N) is 3. The highest BCUT2D eigenvalue weighted by Gasteiger charge is 2.32. The van der Waals surface area contributed by atoms with E-state index >= 15 is 0 Å². The molecule has 256 valence electrons. The van der Waals surface area contributed by atoms with E-state index in [2.05, 4.69) is 16.0 Å². The van der Waals surface area contributed by atoms with Gasteiger partial charge in [-0.3, -0.25) is 14.4 Å². The first-order chi connectivity index (χ1) is 23.1. The molecule has 1 aliphatic carbocycles. The standard InChI is InChI=1S/C37H45N3O8/c1-8-21(2)33(36(43)40-29(37(44)48-7)18-23-12-10-9-11-13-23)39-28-17-15-25-26(20-30(28)42)27(38-22(3)41)16-14-24-19-31(45-4)34(46-5)35(47-6)32(24)25/h9-13,15,17,19-21,27,29,33H,8,14,16,18H2,1-7H3,(H,38,41)(H,39,42)(H,40,43). The summed E-state index contributed by atoms with van der Waals surface area (Å²) < 4.78 is 22.2. The summed E-state index contributed by atoms with van der Waals surface area (Å²) in [6.07, 6.45) is 1.94. The Morgan fingerprint density at radius 1 is 0.938 bits per heavy atom. The first-order valence-electron chi connectivity index (χ1n) is 16.0. The molecular formula is C37H45N3O8. The largest absolute Gasteiger partial charge is 0.493 e. The number of fused-ring (bicyclic) bond motifs is 3. The van der Waals surface area contributed by atoms with Crippen LogP contribution in [0.25, 0.3) is 11.1 Å². The van der Waals surface area contributed by atoms with Gasteiger partial charge in [-0.1, -0.05) is 56.7 Å². The van der Waals surface area contributed by atoms with E-state index < -0.39 is 30.0 Å². The first kappa shape index (κ1) is 35.8. The number of aryl methyl sites for hydroxylation is 1. The molecule has 0 aliphatic heterocycles. The van der Waals surface area contributed by atoms with Crippen molar-refractivity contribution >= 4 is 23.5 Å². The molecule has 3 aromatic carbocycles. The summed E-state index contributed by atoms with van der Waals surface area (Å²) in [7, 11) is 5.89. The maximum Gasteiger partial charge on any atom is 0.328 e. The minimum atomic E-state index is -0.928. The lowest BCUT2D eigenvalue weighted by molar-refractivity contribution is -0.145. The van der Waals surface area contributed by atoms with E-state index in [0.717, 1.165) is 16.7 Å². The molecule has 0 spiro atoms. The summed E-state index contributed by atoms with van der Waals surface area (Å²) in [5, 5.41) is 9.05. The number of carbonyl (C=O) groups excluding carboxylic acids is 3. The van der Waals surface area contributed by atoms with Gasteiger partial charge in [0.2, 0.25) is 23.0 Å². The van der Waals surface area contributed by atoms with Crippen LogP contribution < -0.4 is 35.6 Å². The van der Waals surface area contributed by atoms with Crippen molar-refractivity contribution in [2.45, 2.75) is 64.6 Å². The summed E-state index contributed by atoms with van der Waals surface area (Å²) in [4.78, 5) is 52.8. The van der Waals surface area contributed by atoms with Gasteiger partial charge in [0.25, 0.3) is 0 Å². The average molecular weight is 660 g/mol. The molecule has 1 aliphatic rings. The summed E-state index contributed by atoms with van der Waals surface area (Å²) >= 11 is 0. The van der Waals surface area contributed by atoms with Gasteiger partial charge < -0.3 is 34.9 Å². The lowest BCUT2D eigenvalue weighted by Crippen LogP contribution is -2.51. The van der Waals surface area contributed by atoms with Crippen LogP contribution in [0.2, 0.25) is 0 Å². The van der Waals surface area contributed by atoms with Crippen molar-refractivity contribution in [3.8, 4) is 28.4 Å². The van der Waals surface area contributed by atoms with Gasteiger partial charge in [-0.05, 0) is 59.2 Å². The number of esters is 1. The molecule has 0 aromatic heterocycles. The zero-order valence-corrected chi connectivity index (χ0v) is 28.6. The zero-order chi connectivity index (χ0) is 35.0. The van der Waals surface area contributed by atoms with Gasteiger partial charge in [-0.15, -0.1) is 0 Å². The predicted octanol–water partition coefficient (Wildman–Crippen LogP) is 4.59. The lowest BCUT2D eigenvalue weighted by atomic mass is 9.95. The number of ether oxygens (including phenoxy) is 4. The van der Waals surface area contributed by atoms with E-state index in [1.54, 1.807) is 19.2 Å². The predicted molar refractivity (Wildman–Crippen MR) is 184 cm³/mol. The smallest absolute Gasteiger partial charge is 0.328 e. The van der Waals surface area contributed by atoms with Gasteiger partial charge >= 0.3 is 5.97 Å². The van der Waals surface area contributed by atoms with Gasteiger partial charge in [0.05, 0.1) is 40.2 Å². The summed E-state index contributed by atoms with van der Waals surface area (Å²) in [6, 6.07) is 13.9. The highest BCUT2D eigenvalue weighted by atomic mass is 16.5. The maximum absolute atomic E-state index is 14.0. The van der Waals surface area contributed by atoms with E-state index in [1.807, 2.05) is 50.2 Å². The quantitative estimate of drug-likeness (QED) is 0.225. The minimum Gasteiger partial charge on any atom is -0.493 e. The van der Waals surface area contributed by atoms with Crippen LogP contribution in [0.1, 0.15) is 56.3 Å². The third-order valence-electron chi connectivity index (χ3n) is 8.81. The van der Waals surface area contributed by atoms with Gasteiger partial charge in [0, 0.05) is 18.9 Å². The normalized spacial score (nSPS) is 15.3. The second-order valence-electron chi connectivity index (χ2n) is 11.9. The molecule has 0 fully saturated rings. The van der Waals surface area contributed by atoms with Gasteiger partial charge in [0.1, 0.15) is 12.1 Å². The third kappa shape index (κ3) is 7.90. The number of benzene rings is 2. The van der Waals surface area contributed by atoms with Crippen molar-refractivity contribution in [3.05, 3.63) is 81.5 Å². The van der Waals surface area contributed by atoms with Gasteiger partial charge in [0.15, 0.2) is 11.5 Å². The molecule has 0 heterocycles. The third-order valence-corrected chi connectivity index (χ3v) is 8.81. The maximum atomic E-state index is 14.0. The Balaban J connectivity index is 1.80. The fourth-order valence-corrected chi connectivity index (χ4v) is 6.14. The van der Waals surface area contributed by atoms with Crippen molar-refractivity contribution < 1.29 is 33.3 Å². The molecular weight excluding hydrogens is 614 g/mol. The Morgan fingerprint density at radius 2 is 1.65 bits per heavy atom. The van der Waals surface area contributed by atoms with E-state index in [9.17, 15) is 19.2 Å². The monoisotopic (exact) mass is 659 g/mol. The average Bonchev–Trinajstić information content (AvgIpc) is 3.33. The minimum absolute atomic E-state index is 0.184. The van der Waals surface area contributed by atoms with Crippen LogP contribution in [0.4, 0.5) is 5.69 Å². The lowest BCUT2D eigenvalue weighted by Gasteiger charge is -2.26. The Hall–Kier alpha value is -5.06. The van der Waals surface area contributed by atoms with E-state index in [0.29, 0.717) is 47.6 Å². The number of methoxy groups -OCH3 is 4. The van der Waals surface area contributed by atoms with E-state index in [1.165, 1.54) is 34.3 Å². The molecule has 0 saturated heterocycles. The second kappa shape index (κ2) is 16.2. The molecule has 4 unspecified atom stereocenters. The number of anilines is 1. The van der Waals surface area contributed by atoms with Crippen molar-refractivity contribution in [1.82, 2.24) is 10.6 Å².